The number of hydrogen-bond donors (Lipinski definition) is 2. The summed E-state index contributed by atoms with van der Waals surface area (Å²) in [5.41, 5.74) is 12.3. The van der Waals surface area contributed by atoms with Crippen LogP contribution in [0.15, 0.2) is 54.9 Å². The van der Waals surface area contributed by atoms with Gasteiger partial charge in [-0.2, -0.15) is 0 Å². The molecular formula is C35H47N5O2. The molecule has 1 aromatic heterocycles. The number of nitrogens with zero attached hydrogens (tertiary/aromatic N) is 3. The highest BCUT2D eigenvalue weighted by atomic mass is 16.2. The van der Waals surface area contributed by atoms with Crippen molar-refractivity contribution in [3.05, 3.63) is 88.5 Å². The monoisotopic (exact) mass is 569 g/mol. The van der Waals surface area contributed by atoms with Crippen LogP contribution in [0, 0.1) is 0 Å². The van der Waals surface area contributed by atoms with E-state index in [9.17, 15) is 9.59 Å². The molecule has 0 bridgehead atoms. The van der Waals surface area contributed by atoms with Crippen molar-refractivity contribution in [3.63, 3.8) is 0 Å². The summed E-state index contributed by atoms with van der Waals surface area (Å²) in [7, 11) is 0. The summed E-state index contributed by atoms with van der Waals surface area (Å²) in [5.74, 6) is -0.234. The summed E-state index contributed by atoms with van der Waals surface area (Å²) in [5, 5.41) is 3.25. The first-order valence-electron chi connectivity index (χ1n) is 15.4. The number of rotatable bonds is 5. The van der Waals surface area contributed by atoms with Gasteiger partial charge in [-0.3, -0.25) is 9.59 Å². The van der Waals surface area contributed by atoms with E-state index in [4.69, 9.17) is 10.7 Å². The van der Waals surface area contributed by atoms with Gasteiger partial charge in [0, 0.05) is 30.6 Å². The van der Waals surface area contributed by atoms with Gasteiger partial charge in [0.15, 0.2) is 0 Å². The number of hydrogen-bond acceptors (Lipinski definition) is 4. The first kappa shape index (κ1) is 30.0. The van der Waals surface area contributed by atoms with Crippen molar-refractivity contribution in [2.75, 3.05) is 0 Å². The van der Waals surface area contributed by atoms with Crippen LogP contribution in [0.3, 0.4) is 0 Å². The van der Waals surface area contributed by atoms with Crippen LogP contribution < -0.4 is 11.1 Å². The second-order valence-electron chi connectivity index (χ2n) is 14.3. The quantitative estimate of drug-likeness (QED) is 0.426. The summed E-state index contributed by atoms with van der Waals surface area (Å²) in [4.78, 5) is 34.3. The third-order valence-electron chi connectivity index (χ3n) is 8.97. The van der Waals surface area contributed by atoms with Crippen molar-refractivity contribution in [2.45, 2.75) is 116 Å². The predicted molar refractivity (Wildman–Crippen MR) is 167 cm³/mol. The fourth-order valence-electron chi connectivity index (χ4n) is 6.10. The van der Waals surface area contributed by atoms with E-state index in [1.54, 1.807) is 4.90 Å². The number of fused-ring (bicyclic) bond motifs is 1. The molecule has 1 fully saturated rings. The number of carbonyl (C=O) groups excluding carboxylic acids is 2. The van der Waals surface area contributed by atoms with Gasteiger partial charge in [-0.1, -0.05) is 77.9 Å². The number of nitrogens with one attached hydrogen (secondary N) is 1. The summed E-state index contributed by atoms with van der Waals surface area (Å²) in [6.45, 7) is 14.1. The Morgan fingerprint density at radius 3 is 2.02 bits per heavy atom. The largest absolute Gasteiger partial charge is 0.352 e. The second kappa shape index (κ2) is 11.7. The lowest BCUT2D eigenvalue weighted by Gasteiger charge is -2.36. The van der Waals surface area contributed by atoms with Crippen molar-refractivity contribution in [1.82, 2.24) is 19.8 Å². The topological polar surface area (TPSA) is 93.2 Å². The van der Waals surface area contributed by atoms with Crippen molar-refractivity contribution >= 4 is 11.8 Å². The number of carbonyl (C=O) groups is 2. The van der Waals surface area contributed by atoms with E-state index >= 15 is 0 Å². The molecule has 0 spiro atoms. The molecule has 3 N–H and O–H groups in total. The van der Waals surface area contributed by atoms with Crippen LogP contribution in [0.1, 0.15) is 106 Å². The highest BCUT2D eigenvalue weighted by molar-refractivity contribution is 5.98. The van der Waals surface area contributed by atoms with Gasteiger partial charge in [0.1, 0.15) is 6.04 Å². The van der Waals surface area contributed by atoms with Crippen molar-refractivity contribution in [3.8, 4) is 0 Å². The van der Waals surface area contributed by atoms with Gasteiger partial charge in [-0.05, 0) is 65.3 Å². The predicted octanol–water partition coefficient (Wildman–Crippen LogP) is 5.48. The fraction of sp³-hybridized carbons (Fsp3) is 0.514. The van der Waals surface area contributed by atoms with Gasteiger partial charge in [0.2, 0.25) is 5.91 Å². The number of imidazole rings is 1. The lowest BCUT2D eigenvalue weighted by Crippen LogP contribution is -2.55. The van der Waals surface area contributed by atoms with Crippen LogP contribution in [-0.4, -0.2) is 44.4 Å². The molecule has 1 aliphatic heterocycles. The van der Waals surface area contributed by atoms with Gasteiger partial charge in [-0.15, -0.1) is 0 Å². The molecule has 0 saturated heterocycles. The highest BCUT2D eigenvalue weighted by Gasteiger charge is 2.38. The molecule has 5 rings (SSSR count). The van der Waals surface area contributed by atoms with Gasteiger partial charge in [0.25, 0.3) is 5.91 Å². The average Bonchev–Trinajstić information content (AvgIpc) is 3.34. The molecule has 3 aromatic rings. The average molecular weight is 570 g/mol. The van der Waals surface area contributed by atoms with Crippen molar-refractivity contribution in [1.29, 1.82) is 0 Å². The second-order valence-corrected chi connectivity index (χ2v) is 14.3. The zero-order valence-electron chi connectivity index (χ0n) is 26.1. The van der Waals surface area contributed by atoms with Gasteiger partial charge in [0.05, 0.1) is 24.3 Å². The Balaban J connectivity index is 1.41. The third kappa shape index (κ3) is 6.62. The maximum absolute atomic E-state index is 14.0. The molecule has 2 amide bonds. The van der Waals surface area contributed by atoms with Gasteiger partial charge in [-0.25, -0.2) is 4.98 Å². The first-order chi connectivity index (χ1) is 19.8. The molecule has 0 radical (unpaired) electrons. The molecule has 2 aromatic carbocycles. The molecule has 7 heteroatoms. The van der Waals surface area contributed by atoms with E-state index in [-0.39, 0.29) is 34.7 Å². The SMILES string of the molecule is CC(C)(C)c1ccc(Cn2cnc3c2CN(C(=O)c2ccc(C(C)(C)C)cc2)C(C(=O)NC2CCC(N)CC2)C3)cc1. The molecule has 1 saturated carbocycles. The van der Waals surface area contributed by atoms with E-state index in [2.05, 4.69) is 75.7 Å². The van der Waals surface area contributed by atoms with Crippen LogP contribution in [0.4, 0.5) is 0 Å². The zero-order valence-corrected chi connectivity index (χ0v) is 26.1. The Morgan fingerprint density at radius 1 is 0.881 bits per heavy atom. The van der Waals surface area contributed by atoms with Gasteiger partial charge < -0.3 is 20.5 Å². The Hall–Kier alpha value is -3.45. The lowest BCUT2D eigenvalue weighted by atomic mass is 9.86. The summed E-state index contributed by atoms with van der Waals surface area (Å²) in [6.07, 6.45) is 5.81. The molecule has 1 unspecified atom stereocenters. The van der Waals surface area contributed by atoms with E-state index in [1.807, 2.05) is 30.6 Å². The Morgan fingerprint density at radius 2 is 1.45 bits per heavy atom. The van der Waals surface area contributed by atoms with Crippen LogP contribution in [0.5, 0.6) is 0 Å². The zero-order chi connectivity index (χ0) is 30.2. The molecule has 1 aliphatic carbocycles. The van der Waals surface area contributed by atoms with Gasteiger partial charge >= 0.3 is 0 Å². The van der Waals surface area contributed by atoms with E-state index in [1.165, 1.54) is 16.7 Å². The number of benzene rings is 2. The Labute approximate surface area is 250 Å². The van der Waals surface area contributed by atoms with E-state index in [0.29, 0.717) is 25.1 Å². The molecule has 2 aliphatic rings. The lowest BCUT2D eigenvalue weighted by molar-refractivity contribution is -0.127. The number of nitrogens with two attached hydrogens (primary N) is 1. The smallest absolute Gasteiger partial charge is 0.254 e. The maximum Gasteiger partial charge on any atom is 0.254 e. The molecule has 224 valence electrons. The Bertz CT molecular complexity index is 1400. The highest BCUT2D eigenvalue weighted by Crippen LogP contribution is 2.29. The fourth-order valence-corrected chi connectivity index (χ4v) is 6.10. The summed E-state index contributed by atoms with van der Waals surface area (Å²) < 4.78 is 2.13. The minimum absolute atomic E-state index is 0.00978. The molecular weight excluding hydrogens is 522 g/mol. The number of aromatic nitrogens is 2. The minimum atomic E-state index is -0.614. The minimum Gasteiger partial charge on any atom is -0.352 e. The molecule has 7 nitrogen and oxygen atoms in total. The van der Waals surface area contributed by atoms with Crippen molar-refractivity contribution in [2.24, 2.45) is 5.73 Å². The van der Waals surface area contributed by atoms with E-state index < -0.39 is 6.04 Å². The third-order valence-corrected chi connectivity index (χ3v) is 8.97. The molecule has 42 heavy (non-hydrogen) atoms. The molecule has 2 heterocycles. The normalized spacial score (nSPS) is 21.1. The standard InChI is InChI=1S/C35H47N5O2/c1-34(2,3)25-11-7-23(8-12-25)20-39-22-37-29-19-30(32(41)38-28-17-15-27(36)16-18-28)40(21-31(29)39)33(42)24-9-13-26(14-10-24)35(4,5)6/h7-14,22,27-28,30H,15-21,36H2,1-6H3,(H,38,41). The van der Waals surface area contributed by atoms with Crippen LogP contribution in [0.2, 0.25) is 0 Å². The molecule has 1 atom stereocenters. The maximum atomic E-state index is 14.0. The van der Waals surface area contributed by atoms with Crippen LogP contribution in [0.25, 0.3) is 0 Å². The first-order valence-corrected chi connectivity index (χ1v) is 15.4. The van der Waals surface area contributed by atoms with Crippen LogP contribution >= 0.6 is 0 Å². The number of amides is 2. The van der Waals surface area contributed by atoms with Crippen molar-refractivity contribution < 1.29 is 9.59 Å². The summed E-state index contributed by atoms with van der Waals surface area (Å²) in [6, 6.07) is 16.2. The van der Waals surface area contributed by atoms with Crippen LogP contribution in [-0.2, 0) is 35.1 Å². The summed E-state index contributed by atoms with van der Waals surface area (Å²) >= 11 is 0. The van der Waals surface area contributed by atoms with E-state index in [0.717, 1.165) is 37.1 Å². The Kier molecular flexibility index (Phi) is 8.35.